The van der Waals surface area contributed by atoms with Crippen molar-refractivity contribution in [2.75, 3.05) is 18.9 Å². The van der Waals surface area contributed by atoms with Gasteiger partial charge in [0.1, 0.15) is 12.4 Å². The molecular formula is C16H24N2O2. The number of benzene rings is 1. The Bertz CT molecular complexity index is 478. The number of anilines is 1. The van der Waals surface area contributed by atoms with Crippen LogP contribution in [-0.4, -0.2) is 19.1 Å². The van der Waals surface area contributed by atoms with E-state index < -0.39 is 0 Å². The lowest BCUT2D eigenvalue weighted by Crippen LogP contribution is -2.31. The topological polar surface area (TPSA) is 64.3 Å². The second-order valence-electron chi connectivity index (χ2n) is 6.58. The van der Waals surface area contributed by atoms with Crippen molar-refractivity contribution in [3.8, 4) is 5.75 Å². The lowest BCUT2D eigenvalue weighted by Gasteiger charge is -2.08. The molecule has 1 aromatic carbocycles. The van der Waals surface area contributed by atoms with Crippen LogP contribution in [0.4, 0.5) is 5.69 Å². The molecule has 1 saturated carbocycles. The monoisotopic (exact) mass is 276 g/mol. The molecule has 4 heteroatoms. The maximum absolute atomic E-state index is 12.1. The molecule has 3 N–H and O–H groups in total. The first-order valence-corrected chi connectivity index (χ1v) is 7.03. The Morgan fingerprint density at radius 1 is 1.20 bits per heavy atom. The SMILES string of the molecule is CC1(C)C(C(=O)NCCOc2ccc(N)cc2)C1(C)C. The van der Waals surface area contributed by atoms with Gasteiger partial charge in [-0.3, -0.25) is 4.79 Å². The minimum absolute atomic E-state index is 0.0783. The van der Waals surface area contributed by atoms with Gasteiger partial charge < -0.3 is 15.8 Å². The molecule has 0 spiro atoms. The first kappa shape index (κ1) is 14.7. The van der Waals surface area contributed by atoms with Crippen LogP contribution in [0, 0.1) is 16.7 Å². The molecule has 1 amide bonds. The van der Waals surface area contributed by atoms with Gasteiger partial charge in [-0.2, -0.15) is 0 Å². The molecule has 0 heterocycles. The maximum Gasteiger partial charge on any atom is 0.224 e. The smallest absolute Gasteiger partial charge is 0.224 e. The number of carbonyl (C=O) groups is 1. The second-order valence-corrected chi connectivity index (χ2v) is 6.58. The van der Waals surface area contributed by atoms with Crippen molar-refractivity contribution in [3.05, 3.63) is 24.3 Å². The summed E-state index contributed by atoms with van der Waals surface area (Å²) in [4.78, 5) is 12.1. The minimum Gasteiger partial charge on any atom is -0.492 e. The third-order valence-electron chi connectivity index (χ3n) is 4.83. The predicted octanol–water partition coefficient (Wildman–Crippen LogP) is 2.45. The van der Waals surface area contributed by atoms with Crippen LogP contribution in [0.25, 0.3) is 0 Å². The highest BCUT2D eigenvalue weighted by Crippen LogP contribution is 2.68. The zero-order chi connectivity index (χ0) is 15.0. The molecule has 1 aliphatic carbocycles. The first-order valence-electron chi connectivity index (χ1n) is 7.03. The normalized spacial score (nSPS) is 19.4. The van der Waals surface area contributed by atoms with Gasteiger partial charge in [-0.15, -0.1) is 0 Å². The Morgan fingerprint density at radius 2 is 1.75 bits per heavy atom. The second kappa shape index (κ2) is 5.00. The lowest BCUT2D eigenvalue weighted by atomic mass is 10.0. The van der Waals surface area contributed by atoms with Gasteiger partial charge in [-0.25, -0.2) is 0 Å². The van der Waals surface area contributed by atoms with Crippen LogP contribution in [0.15, 0.2) is 24.3 Å². The van der Waals surface area contributed by atoms with E-state index in [1.807, 2.05) is 12.1 Å². The molecule has 0 unspecified atom stereocenters. The Kier molecular flexibility index (Phi) is 3.67. The number of hydrogen-bond donors (Lipinski definition) is 2. The molecule has 0 aliphatic heterocycles. The van der Waals surface area contributed by atoms with E-state index in [1.54, 1.807) is 12.1 Å². The third kappa shape index (κ3) is 2.60. The number of nitrogens with one attached hydrogen (secondary N) is 1. The van der Waals surface area contributed by atoms with Crippen molar-refractivity contribution < 1.29 is 9.53 Å². The van der Waals surface area contributed by atoms with Crippen molar-refractivity contribution >= 4 is 11.6 Å². The predicted molar refractivity (Wildman–Crippen MR) is 80.4 cm³/mol. The molecule has 0 aromatic heterocycles. The summed E-state index contributed by atoms with van der Waals surface area (Å²) >= 11 is 0. The number of carbonyl (C=O) groups excluding carboxylic acids is 1. The minimum atomic E-state index is 0.0783. The van der Waals surface area contributed by atoms with Gasteiger partial charge in [0, 0.05) is 11.6 Å². The van der Waals surface area contributed by atoms with Crippen molar-refractivity contribution in [1.82, 2.24) is 5.32 Å². The van der Waals surface area contributed by atoms with Crippen LogP contribution in [0.3, 0.4) is 0 Å². The molecule has 4 nitrogen and oxygen atoms in total. The number of amides is 1. The van der Waals surface area contributed by atoms with E-state index in [1.165, 1.54) is 0 Å². The summed E-state index contributed by atoms with van der Waals surface area (Å²) in [6.07, 6.45) is 0. The number of rotatable bonds is 5. The molecule has 1 aromatic rings. The summed E-state index contributed by atoms with van der Waals surface area (Å²) in [5.74, 6) is 0.980. The summed E-state index contributed by atoms with van der Waals surface area (Å²) in [6, 6.07) is 7.24. The van der Waals surface area contributed by atoms with Gasteiger partial charge in [-0.05, 0) is 35.1 Å². The van der Waals surface area contributed by atoms with Gasteiger partial charge in [0.15, 0.2) is 0 Å². The molecular weight excluding hydrogens is 252 g/mol. The van der Waals surface area contributed by atoms with Gasteiger partial charge >= 0.3 is 0 Å². The van der Waals surface area contributed by atoms with Crippen LogP contribution in [0.2, 0.25) is 0 Å². The fraction of sp³-hybridized carbons (Fsp3) is 0.562. The van der Waals surface area contributed by atoms with Gasteiger partial charge in [0.05, 0.1) is 6.54 Å². The number of ether oxygens (including phenoxy) is 1. The fourth-order valence-electron chi connectivity index (χ4n) is 2.86. The average molecular weight is 276 g/mol. The van der Waals surface area contributed by atoms with E-state index in [-0.39, 0.29) is 22.7 Å². The summed E-state index contributed by atoms with van der Waals surface area (Å²) in [5.41, 5.74) is 6.47. The Balaban J connectivity index is 1.72. The molecule has 20 heavy (non-hydrogen) atoms. The summed E-state index contributed by atoms with van der Waals surface area (Å²) in [6.45, 7) is 9.55. The van der Waals surface area contributed by atoms with E-state index in [9.17, 15) is 4.79 Å². The average Bonchev–Trinajstić information content (AvgIpc) is 2.77. The van der Waals surface area contributed by atoms with Crippen molar-refractivity contribution in [2.24, 2.45) is 16.7 Å². The Morgan fingerprint density at radius 3 is 2.25 bits per heavy atom. The highest BCUT2D eigenvalue weighted by atomic mass is 16.5. The van der Waals surface area contributed by atoms with Crippen LogP contribution in [-0.2, 0) is 4.79 Å². The largest absolute Gasteiger partial charge is 0.492 e. The van der Waals surface area contributed by atoms with E-state index in [4.69, 9.17) is 10.5 Å². The molecule has 0 saturated heterocycles. The molecule has 1 fully saturated rings. The number of nitrogen functional groups attached to an aromatic ring is 1. The van der Waals surface area contributed by atoms with Crippen LogP contribution in [0.1, 0.15) is 27.7 Å². The fourth-order valence-corrected chi connectivity index (χ4v) is 2.86. The highest BCUT2D eigenvalue weighted by molar-refractivity contribution is 5.84. The molecule has 2 rings (SSSR count). The van der Waals surface area contributed by atoms with Gasteiger partial charge in [0.25, 0.3) is 0 Å². The Hall–Kier alpha value is -1.71. The van der Waals surface area contributed by atoms with Crippen molar-refractivity contribution in [2.45, 2.75) is 27.7 Å². The molecule has 1 aliphatic rings. The van der Waals surface area contributed by atoms with Gasteiger partial charge in [-0.1, -0.05) is 27.7 Å². The highest BCUT2D eigenvalue weighted by Gasteiger charge is 2.68. The third-order valence-corrected chi connectivity index (χ3v) is 4.83. The number of hydrogen-bond acceptors (Lipinski definition) is 3. The zero-order valence-electron chi connectivity index (χ0n) is 12.7. The van der Waals surface area contributed by atoms with Crippen molar-refractivity contribution in [3.63, 3.8) is 0 Å². The number of nitrogens with two attached hydrogens (primary N) is 1. The van der Waals surface area contributed by atoms with E-state index >= 15 is 0 Å². The summed E-state index contributed by atoms with van der Waals surface area (Å²) < 4.78 is 5.55. The van der Waals surface area contributed by atoms with Gasteiger partial charge in [0.2, 0.25) is 5.91 Å². The maximum atomic E-state index is 12.1. The molecule has 110 valence electrons. The summed E-state index contributed by atoms with van der Waals surface area (Å²) in [7, 11) is 0. The molecule has 0 bridgehead atoms. The Labute approximate surface area is 120 Å². The van der Waals surface area contributed by atoms with Crippen LogP contribution in [0.5, 0.6) is 5.75 Å². The van der Waals surface area contributed by atoms with Crippen molar-refractivity contribution in [1.29, 1.82) is 0 Å². The first-order chi connectivity index (χ1) is 9.26. The van der Waals surface area contributed by atoms with Crippen LogP contribution < -0.4 is 15.8 Å². The van der Waals surface area contributed by atoms with E-state index in [0.717, 1.165) is 5.75 Å². The lowest BCUT2D eigenvalue weighted by molar-refractivity contribution is -0.123. The standard InChI is InChI=1S/C16H24N2O2/c1-15(2)13(16(15,3)4)14(19)18-9-10-20-12-7-5-11(17)6-8-12/h5-8,13H,9-10,17H2,1-4H3,(H,18,19). The zero-order valence-corrected chi connectivity index (χ0v) is 12.7. The quantitative estimate of drug-likeness (QED) is 0.641. The van der Waals surface area contributed by atoms with E-state index in [2.05, 4.69) is 33.0 Å². The summed E-state index contributed by atoms with van der Waals surface area (Å²) in [5, 5.41) is 2.95. The molecule has 0 radical (unpaired) electrons. The van der Waals surface area contributed by atoms with Crippen LogP contribution >= 0.6 is 0 Å². The molecule has 0 atom stereocenters. The van der Waals surface area contributed by atoms with E-state index in [0.29, 0.717) is 18.8 Å².